The maximum Gasteiger partial charge on any atom is 0.387 e. The largest absolute Gasteiger partial charge is 0.462 e. The van der Waals surface area contributed by atoms with Gasteiger partial charge in [0.05, 0.1) is 17.7 Å². The summed E-state index contributed by atoms with van der Waals surface area (Å²) in [6.45, 7) is -1.38. The Hall–Kier alpha value is -2.20. The zero-order valence-electron chi connectivity index (χ0n) is 10.2. The fraction of sp³-hybridized carbons (Fsp3) is 0.333. The number of rotatable bonds is 5. The van der Waals surface area contributed by atoms with E-state index in [0.717, 1.165) is 6.07 Å². The van der Waals surface area contributed by atoms with E-state index in [0.29, 0.717) is 5.56 Å². The summed E-state index contributed by atoms with van der Waals surface area (Å²) in [7, 11) is 0. The highest BCUT2D eigenvalue weighted by Gasteiger charge is 2.18. The molecule has 1 aromatic carbocycles. The standard InChI is InChI=1S/C12H12F2N2O3/c1-2-18-11(17)9-4-10(19-12(13)14)8(6-16)3-7(9)5-15/h3-4,12H,2,5,15H2,1H3. The lowest BCUT2D eigenvalue weighted by molar-refractivity contribution is -0.0501. The van der Waals surface area contributed by atoms with Crippen molar-refractivity contribution in [3.05, 3.63) is 28.8 Å². The van der Waals surface area contributed by atoms with Gasteiger partial charge in [-0.3, -0.25) is 0 Å². The van der Waals surface area contributed by atoms with Crippen LogP contribution in [-0.4, -0.2) is 19.2 Å². The molecule has 0 saturated carbocycles. The van der Waals surface area contributed by atoms with E-state index < -0.39 is 12.6 Å². The minimum absolute atomic E-state index is 0.0130. The molecule has 0 aromatic heterocycles. The van der Waals surface area contributed by atoms with Gasteiger partial charge < -0.3 is 15.2 Å². The number of alkyl halides is 2. The first kappa shape index (κ1) is 14.9. The highest BCUT2D eigenvalue weighted by atomic mass is 19.3. The van der Waals surface area contributed by atoms with E-state index in [2.05, 4.69) is 4.74 Å². The molecule has 0 bridgehead atoms. The summed E-state index contributed by atoms with van der Waals surface area (Å²) < 4.78 is 33.4. The number of carbonyl (C=O) groups is 1. The number of carbonyl (C=O) groups excluding carboxylic acids is 1. The Morgan fingerprint density at radius 2 is 2.21 bits per heavy atom. The van der Waals surface area contributed by atoms with Crippen LogP contribution < -0.4 is 10.5 Å². The Balaban J connectivity index is 3.29. The second-order valence-corrected chi connectivity index (χ2v) is 3.42. The Morgan fingerprint density at radius 3 is 2.68 bits per heavy atom. The zero-order valence-corrected chi connectivity index (χ0v) is 10.2. The Labute approximate surface area is 108 Å². The lowest BCUT2D eigenvalue weighted by atomic mass is 10.0. The second kappa shape index (κ2) is 6.66. The number of hydrogen-bond acceptors (Lipinski definition) is 5. The summed E-state index contributed by atoms with van der Waals surface area (Å²) in [6, 6.07) is 3.99. The number of nitrogens with two attached hydrogens (primary N) is 1. The first-order valence-electron chi connectivity index (χ1n) is 5.42. The van der Waals surface area contributed by atoms with Crippen LogP contribution in [0.5, 0.6) is 5.75 Å². The van der Waals surface area contributed by atoms with Crippen molar-refractivity contribution >= 4 is 5.97 Å². The van der Waals surface area contributed by atoms with E-state index >= 15 is 0 Å². The van der Waals surface area contributed by atoms with E-state index in [1.807, 2.05) is 0 Å². The molecule has 1 rings (SSSR count). The van der Waals surface area contributed by atoms with Crippen LogP contribution in [0.25, 0.3) is 0 Å². The predicted octanol–water partition coefficient (Wildman–Crippen LogP) is 1.80. The molecule has 0 fully saturated rings. The van der Waals surface area contributed by atoms with Gasteiger partial charge in [-0.15, -0.1) is 0 Å². The van der Waals surface area contributed by atoms with Crippen LogP contribution in [0.4, 0.5) is 8.78 Å². The van der Waals surface area contributed by atoms with E-state index in [4.69, 9.17) is 15.7 Å². The van der Waals surface area contributed by atoms with Crippen LogP contribution in [0.15, 0.2) is 12.1 Å². The van der Waals surface area contributed by atoms with E-state index in [1.165, 1.54) is 6.07 Å². The van der Waals surface area contributed by atoms with Gasteiger partial charge in [0.1, 0.15) is 11.8 Å². The summed E-state index contributed by atoms with van der Waals surface area (Å²) in [6.07, 6.45) is 0. The predicted molar refractivity (Wildman–Crippen MR) is 61.6 cm³/mol. The topological polar surface area (TPSA) is 85.3 Å². The number of hydrogen-bond donors (Lipinski definition) is 1. The van der Waals surface area contributed by atoms with E-state index in [-0.39, 0.29) is 30.0 Å². The van der Waals surface area contributed by atoms with Crippen molar-refractivity contribution in [2.24, 2.45) is 5.73 Å². The quantitative estimate of drug-likeness (QED) is 0.824. The SMILES string of the molecule is CCOC(=O)c1cc(OC(F)F)c(C#N)cc1CN. The van der Waals surface area contributed by atoms with Gasteiger partial charge in [-0.25, -0.2) is 4.79 Å². The van der Waals surface area contributed by atoms with Crippen LogP contribution in [0, 0.1) is 11.3 Å². The van der Waals surface area contributed by atoms with Crippen molar-refractivity contribution in [2.75, 3.05) is 6.61 Å². The van der Waals surface area contributed by atoms with Crippen LogP contribution >= 0.6 is 0 Å². The molecule has 0 heterocycles. The Kier molecular flexibility index (Phi) is 5.21. The average molecular weight is 270 g/mol. The monoisotopic (exact) mass is 270 g/mol. The highest BCUT2D eigenvalue weighted by Crippen LogP contribution is 2.25. The van der Waals surface area contributed by atoms with Gasteiger partial charge >= 0.3 is 12.6 Å². The molecule has 0 aliphatic heterocycles. The molecule has 0 unspecified atom stereocenters. The van der Waals surface area contributed by atoms with Gasteiger partial charge in [-0.05, 0) is 24.6 Å². The molecule has 1 aromatic rings. The van der Waals surface area contributed by atoms with Crippen LogP contribution in [0.3, 0.4) is 0 Å². The first-order valence-corrected chi connectivity index (χ1v) is 5.42. The van der Waals surface area contributed by atoms with Crippen LogP contribution in [-0.2, 0) is 11.3 Å². The zero-order chi connectivity index (χ0) is 14.4. The second-order valence-electron chi connectivity index (χ2n) is 3.42. The lowest BCUT2D eigenvalue weighted by Crippen LogP contribution is -2.13. The molecule has 5 nitrogen and oxygen atoms in total. The number of halogens is 2. The van der Waals surface area contributed by atoms with Crippen molar-refractivity contribution in [3.63, 3.8) is 0 Å². The van der Waals surface area contributed by atoms with Crippen molar-refractivity contribution < 1.29 is 23.0 Å². The molecule has 7 heteroatoms. The van der Waals surface area contributed by atoms with Crippen LogP contribution in [0.2, 0.25) is 0 Å². The summed E-state index contributed by atoms with van der Waals surface area (Å²) in [5.41, 5.74) is 5.68. The fourth-order valence-corrected chi connectivity index (χ4v) is 1.47. The van der Waals surface area contributed by atoms with Crippen molar-refractivity contribution in [3.8, 4) is 11.8 Å². The molecule has 2 N–H and O–H groups in total. The minimum Gasteiger partial charge on any atom is -0.462 e. The number of nitriles is 1. The molecule has 102 valence electrons. The van der Waals surface area contributed by atoms with E-state index in [9.17, 15) is 13.6 Å². The summed E-state index contributed by atoms with van der Waals surface area (Å²) in [5.74, 6) is -1.08. The maximum absolute atomic E-state index is 12.2. The molecule has 0 radical (unpaired) electrons. The lowest BCUT2D eigenvalue weighted by Gasteiger charge is -2.12. The molecular weight excluding hydrogens is 258 g/mol. The third kappa shape index (κ3) is 3.63. The molecule has 0 amide bonds. The Bertz CT molecular complexity index is 512. The fourth-order valence-electron chi connectivity index (χ4n) is 1.47. The van der Waals surface area contributed by atoms with Crippen LogP contribution in [0.1, 0.15) is 28.4 Å². The Morgan fingerprint density at radius 1 is 1.53 bits per heavy atom. The number of esters is 1. The number of ether oxygens (including phenoxy) is 2. The van der Waals surface area contributed by atoms with Crippen molar-refractivity contribution in [1.29, 1.82) is 5.26 Å². The van der Waals surface area contributed by atoms with Gasteiger partial charge in [-0.1, -0.05) is 0 Å². The number of benzene rings is 1. The minimum atomic E-state index is -3.09. The van der Waals surface area contributed by atoms with Crippen molar-refractivity contribution in [2.45, 2.75) is 20.1 Å². The van der Waals surface area contributed by atoms with E-state index in [1.54, 1.807) is 13.0 Å². The van der Waals surface area contributed by atoms with Gasteiger partial charge in [0.25, 0.3) is 0 Å². The molecule has 0 spiro atoms. The van der Waals surface area contributed by atoms with Gasteiger partial charge in [0, 0.05) is 6.54 Å². The third-order valence-corrected chi connectivity index (χ3v) is 2.26. The van der Waals surface area contributed by atoms with Gasteiger partial charge in [-0.2, -0.15) is 14.0 Å². The summed E-state index contributed by atoms with van der Waals surface area (Å²) in [5, 5.41) is 8.85. The molecule has 0 aliphatic carbocycles. The van der Waals surface area contributed by atoms with Gasteiger partial charge in [0.2, 0.25) is 0 Å². The summed E-state index contributed by atoms with van der Waals surface area (Å²) >= 11 is 0. The highest BCUT2D eigenvalue weighted by molar-refractivity contribution is 5.92. The molecule has 0 aliphatic rings. The molecule has 0 atom stereocenters. The smallest absolute Gasteiger partial charge is 0.387 e. The number of nitrogens with zero attached hydrogens (tertiary/aromatic N) is 1. The van der Waals surface area contributed by atoms with Crippen molar-refractivity contribution in [1.82, 2.24) is 0 Å². The molecular formula is C12H12F2N2O3. The first-order chi connectivity index (χ1) is 9.03. The normalized spacial score (nSPS) is 10.1. The average Bonchev–Trinajstić information content (AvgIpc) is 2.37. The van der Waals surface area contributed by atoms with Gasteiger partial charge in [0.15, 0.2) is 0 Å². The summed E-state index contributed by atoms with van der Waals surface area (Å²) in [4.78, 5) is 11.7. The molecule has 0 saturated heterocycles. The molecule has 19 heavy (non-hydrogen) atoms. The third-order valence-electron chi connectivity index (χ3n) is 2.26. The maximum atomic E-state index is 12.2.